The molecule has 0 fully saturated rings. The van der Waals surface area contributed by atoms with Crippen LogP contribution in [-0.2, 0) is 4.74 Å². The number of nitrogens with zero attached hydrogens (tertiary/aromatic N) is 3. The Labute approximate surface area is 97.0 Å². The highest BCUT2D eigenvalue weighted by molar-refractivity contribution is 6.28. The van der Waals surface area contributed by atoms with Gasteiger partial charge >= 0.3 is 0 Å². The van der Waals surface area contributed by atoms with E-state index in [1.807, 2.05) is 6.92 Å². The van der Waals surface area contributed by atoms with Gasteiger partial charge in [-0.2, -0.15) is 9.97 Å². The van der Waals surface area contributed by atoms with Gasteiger partial charge in [0.2, 0.25) is 11.2 Å². The molecule has 0 saturated heterocycles. The Kier molecular flexibility index (Phi) is 3.21. The number of rotatable bonds is 4. The Morgan fingerprint density at radius 1 is 1.50 bits per heavy atom. The van der Waals surface area contributed by atoms with Crippen LogP contribution in [0.5, 0.6) is 5.88 Å². The van der Waals surface area contributed by atoms with Crippen LogP contribution in [0.2, 0.25) is 5.28 Å². The second-order valence-corrected chi connectivity index (χ2v) is 3.62. The number of H-pyrrole nitrogens is 1. The summed E-state index contributed by atoms with van der Waals surface area (Å²) < 4.78 is 10.5. The minimum Gasteiger partial charge on any atom is -0.471 e. The fourth-order valence-electron chi connectivity index (χ4n) is 1.33. The molecule has 0 aliphatic rings. The molecular formula is C9H11ClN4O2. The Morgan fingerprint density at radius 3 is 3.06 bits per heavy atom. The van der Waals surface area contributed by atoms with Gasteiger partial charge < -0.3 is 14.5 Å². The largest absolute Gasteiger partial charge is 0.471 e. The topological polar surface area (TPSA) is 72.9 Å². The van der Waals surface area contributed by atoms with Gasteiger partial charge in [0.1, 0.15) is 11.6 Å². The molecule has 0 aliphatic heterocycles. The summed E-state index contributed by atoms with van der Waals surface area (Å²) in [6, 6.07) is 0. The first-order valence-corrected chi connectivity index (χ1v) is 5.10. The van der Waals surface area contributed by atoms with Crippen molar-refractivity contribution in [2.45, 2.75) is 13.0 Å². The van der Waals surface area contributed by atoms with Crippen molar-refractivity contribution in [1.82, 2.24) is 19.9 Å². The third-order valence-corrected chi connectivity index (χ3v) is 2.11. The first kappa shape index (κ1) is 11.1. The van der Waals surface area contributed by atoms with Gasteiger partial charge in [0.15, 0.2) is 5.65 Å². The SMILES string of the molecule is COCC(C)Oc1nc(Cl)nc2nc[nH]c12. The predicted molar refractivity (Wildman–Crippen MR) is 58.7 cm³/mol. The van der Waals surface area contributed by atoms with Crippen molar-refractivity contribution in [3.63, 3.8) is 0 Å². The van der Waals surface area contributed by atoms with E-state index in [2.05, 4.69) is 19.9 Å². The number of hydrogen-bond donors (Lipinski definition) is 1. The summed E-state index contributed by atoms with van der Waals surface area (Å²) >= 11 is 5.75. The maximum absolute atomic E-state index is 5.75. The fraction of sp³-hybridized carbons (Fsp3) is 0.444. The van der Waals surface area contributed by atoms with Crippen LogP contribution in [0.4, 0.5) is 0 Å². The van der Waals surface area contributed by atoms with Gasteiger partial charge in [0, 0.05) is 7.11 Å². The zero-order valence-corrected chi connectivity index (χ0v) is 9.65. The lowest BCUT2D eigenvalue weighted by atomic mass is 10.4. The van der Waals surface area contributed by atoms with Crippen molar-refractivity contribution in [1.29, 1.82) is 0 Å². The Hall–Kier alpha value is -1.40. The van der Waals surface area contributed by atoms with E-state index in [1.54, 1.807) is 7.11 Å². The molecule has 0 aliphatic carbocycles. The van der Waals surface area contributed by atoms with Crippen molar-refractivity contribution in [3.05, 3.63) is 11.6 Å². The molecule has 6 nitrogen and oxygen atoms in total. The van der Waals surface area contributed by atoms with Crippen molar-refractivity contribution in [2.75, 3.05) is 13.7 Å². The normalized spacial score (nSPS) is 12.9. The van der Waals surface area contributed by atoms with Gasteiger partial charge in [0.05, 0.1) is 12.9 Å². The van der Waals surface area contributed by atoms with Gasteiger partial charge in [-0.15, -0.1) is 0 Å². The van der Waals surface area contributed by atoms with Gasteiger partial charge in [-0.05, 0) is 18.5 Å². The summed E-state index contributed by atoms with van der Waals surface area (Å²) in [7, 11) is 1.61. The highest BCUT2D eigenvalue weighted by atomic mass is 35.5. The van der Waals surface area contributed by atoms with Gasteiger partial charge in [-0.3, -0.25) is 0 Å². The average Bonchev–Trinajstić information content (AvgIpc) is 2.65. The molecule has 2 rings (SSSR count). The molecule has 1 atom stereocenters. The van der Waals surface area contributed by atoms with Crippen molar-refractivity contribution >= 4 is 22.8 Å². The molecule has 0 spiro atoms. The lowest BCUT2D eigenvalue weighted by molar-refractivity contribution is 0.0899. The quantitative estimate of drug-likeness (QED) is 0.821. The van der Waals surface area contributed by atoms with Crippen LogP contribution in [0.25, 0.3) is 11.2 Å². The standard InChI is InChI=1S/C9H11ClN4O2/c1-5(3-15-2)16-8-6-7(12-4-11-6)13-9(10)14-8/h4-5H,3H2,1-2H3,(H,11,12,13,14). The van der Waals surface area contributed by atoms with E-state index >= 15 is 0 Å². The molecule has 0 aromatic carbocycles. The number of imidazole rings is 1. The van der Waals surface area contributed by atoms with E-state index in [0.29, 0.717) is 23.7 Å². The average molecular weight is 243 g/mol. The summed E-state index contributed by atoms with van der Waals surface area (Å²) in [5.41, 5.74) is 1.12. The van der Waals surface area contributed by atoms with E-state index in [0.717, 1.165) is 0 Å². The summed E-state index contributed by atoms with van der Waals surface area (Å²) in [6.07, 6.45) is 1.39. The van der Waals surface area contributed by atoms with Crippen LogP contribution in [-0.4, -0.2) is 39.8 Å². The second-order valence-electron chi connectivity index (χ2n) is 3.28. The van der Waals surface area contributed by atoms with Crippen LogP contribution in [0.3, 0.4) is 0 Å². The van der Waals surface area contributed by atoms with E-state index in [4.69, 9.17) is 21.1 Å². The lowest BCUT2D eigenvalue weighted by Gasteiger charge is -2.12. The number of methoxy groups -OCH3 is 1. The van der Waals surface area contributed by atoms with E-state index < -0.39 is 0 Å². The minimum atomic E-state index is -0.123. The molecule has 0 amide bonds. The molecule has 16 heavy (non-hydrogen) atoms. The summed E-state index contributed by atoms with van der Waals surface area (Å²) in [4.78, 5) is 14.8. The minimum absolute atomic E-state index is 0.110. The smallest absolute Gasteiger partial charge is 0.244 e. The van der Waals surface area contributed by atoms with E-state index in [-0.39, 0.29) is 11.4 Å². The molecule has 1 N–H and O–H groups in total. The summed E-state index contributed by atoms with van der Waals surface area (Å²) in [5.74, 6) is 0.386. The molecule has 0 radical (unpaired) electrons. The molecule has 0 saturated carbocycles. The number of fused-ring (bicyclic) bond motifs is 1. The fourth-order valence-corrected chi connectivity index (χ4v) is 1.48. The van der Waals surface area contributed by atoms with Crippen LogP contribution in [0.1, 0.15) is 6.92 Å². The van der Waals surface area contributed by atoms with Crippen LogP contribution in [0.15, 0.2) is 6.33 Å². The number of aromatic nitrogens is 4. The Balaban J connectivity index is 2.31. The highest BCUT2D eigenvalue weighted by Gasteiger charge is 2.12. The number of ether oxygens (including phenoxy) is 2. The van der Waals surface area contributed by atoms with Gasteiger partial charge in [-0.1, -0.05) is 0 Å². The van der Waals surface area contributed by atoms with E-state index in [9.17, 15) is 0 Å². The van der Waals surface area contributed by atoms with Crippen LogP contribution in [0, 0.1) is 0 Å². The second kappa shape index (κ2) is 4.63. The van der Waals surface area contributed by atoms with Crippen molar-refractivity contribution < 1.29 is 9.47 Å². The van der Waals surface area contributed by atoms with E-state index in [1.165, 1.54) is 6.33 Å². The Bertz CT molecular complexity index is 487. The predicted octanol–water partition coefficient (Wildman–Crippen LogP) is 1.42. The number of hydrogen-bond acceptors (Lipinski definition) is 5. The number of halogens is 1. The summed E-state index contributed by atoms with van der Waals surface area (Å²) in [6.45, 7) is 2.35. The maximum atomic E-state index is 5.75. The Morgan fingerprint density at radius 2 is 2.31 bits per heavy atom. The highest BCUT2D eigenvalue weighted by Crippen LogP contribution is 2.21. The molecule has 1 unspecified atom stereocenters. The first-order chi connectivity index (χ1) is 7.70. The van der Waals surface area contributed by atoms with Gasteiger partial charge in [-0.25, -0.2) is 4.98 Å². The van der Waals surface area contributed by atoms with Crippen molar-refractivity contribution in [2.24, 2.45) is 0 Å². The van der Waals surface area contributed by atoms with Gasteiger partial charge in [0.25, 0.3) is 0 Å². The van der Waals surface area contributed by atoms with Crippen LogP contribution >= 0.6 is 11.6 Å². The third kappa shape index (κ3) is 2.23. The maximum Gasteiger partial charge on any atom is 0.244 e. The zero-order valence-electron chi connectivity index (χ0n) is 8.90. The molecule has 2 aromatic heterocycles. The summed E-state index contributed by atoms with van der Waals surface area (Å²) in [5, 5.41) is 0.110. The number of nitrogens with one attached hydrogen (secondary N) is 1. The molecule has 0 bridgehead atoms. The zero-order chi connectivity index (χ0) is 11.5. The monoisotopic (exact) mass is 242 g/mol. The first-order valence-electron chi connectivity index (χ1n) is 4.73. The lowest BCUT2D eigenvalue weighted by Crippen LogP contribution is -2.18. The van der Waals surface area contributed by atoms with Crippen LogP contribution < -0.4 is 4.74 Å². The number of aromatic amines is 1. The molecule has 86 valence electrons. The third-order valence-electron chi connectivity index (χ3n) is 1.94. The molecular weight excluding hydrogens is 232 g/mol. The molecule has 2 aromatic rings. The van der Waals surface area contributed by atoms with Crippen molar-refractivity contribution in [3.8, 4) is 5.88 Å². The molecule has 2 heterocycles. The molecule has 7 heteroatoms.